The molecule has 0 spiro atoms. The van der Waals surface area contributed by atoms with Crippen LogP contribution in [0.2, 0.25) is 0 Å². The molecular weight excluding hydrogens is 340 g/mol. The van der Waals surface area contributed by atoms with E-state index in [1.807, 2.05) is 13.8 Å². The van der Waals surface area contributed by atoms with Crippen molar-refractivity contribution in [2.24, 2.45) is 0 Å². The smallest absolute Gasteiger partial charge is 0.261 e. The van der Waals surface area contributed by atoms with Crippen molar-refractivity contribution in [1.82, 2.24) is 15.3 Å². The zero-order valence-corrected chi connectivity index (χ0v) is 15.4. The van der Waals surface area contributed by atoms with E-state index in [1.165, 1.54) is 11.3 Å². The number of anilines is 1. The van der Waals surface area contributed by atoms with Crippen molar-refractivity contribution in [1.29, 1.82) is 0 Å². The normalized spacial score (nSPS) is 17.1. The second kappa shape index (κ2) is 8.55. The molecule has 3 rings (SSSR count). The number of aryl methyl sites for hydroxylation is 1. The predicted molar refractivity (Wildman–Crippen MR) is 98.4 cm³/mol. The zero-order valence-electron chi connectivity index (χ0n) is 14.6. The first kappa shape index (κ1) is 18.0. The summed E-state index contributed by atoms with van der Waals surface area (Å²) in [5, 5.41) is 7.31. The molecule has 1 atom stereocenters. The van der Waals surface area contributed by atoms with Gasteiger partial charge in [-0.3, -0.25) is 4.79 Å². The highest BCUT2D eigenvalue weighted by atomic mass is 32.1. The molecule has 1 fully saturated rings. The van der Waals surface area contributed by atoms with Crippen LogP contribution in [0.3, 0.4) is 0 Å². The summed E-state index contributed by atoms with van der Waals surface area (Å²) >= 11 is 1.41. The number of hydrogen-bond acceptors (Lipinski definition) is 7. The summed E-state index contributed by atoms with van der Waals surface area (Å²) in [6.07, 6.45) is 3.31. The van der Waals surface area contributed by atoms with E-state index in [9.17, 15) is 4.79 Å². The molecule has 2 N–H and O–H groups in total. The van der Waals surface area contributed by atoms with Crippen molar-refractivity contribution in [2.45, 2.75) is 32.7 Å². The van der Waals surface area contributed by atoms with E-state index in [4.69, 9.17) is 9.47 Å². The fourth-order valence-corrected chi connectivity index (χ4v) is 3.91. The van der Waals surface area contributed by atoms with E-state index < -0.39 is 0 Å². The van der Waals surface area contributed by atoms with Crippen LogP contribution in [0.5, 0.6) is 0 Å². The van der Waals surface area contributed by atoms with E-state index in [0.717, 1.165) is 41.0 Å². The van der Waals surface area contributed by atoms with E-state index in [1.54, 1.807) is 6.33 Å². The summed E-state index contributed by atoms with van der Waals surface area (Å²) in [7, 11) is 0. The lowest BCUT2D eigenvalue weighted by Gasteiger charge is -2.12. The van der Waals surface area contributed by atoms with Gasteiger partial charge in [0, 0.05) is 26.4 Å². The Labute approximate surface area is 151 Å². The summed E-state index contributed by atoms with van der Waals surface area (Å²) in [6, 6.07) is 0.258. The van der Waals surface area contributed by atoms with Gasteiger partial charge in [-0.15, -0.1) is 11.3 Å². The summed E-state index contributed by atoms with van der Waals surface area (Å²) in [5.41, 5.74) is 0.921. The number of carbonyl (C=O) groups is 1. The fourth-order valence-electron chi connectivity index (χ4n) is 2.84. The van der Waals surface area contributed by atoms with Crippen LogP contribution in [-0.2, 0) is 9.47 Å². The third-order valence-corrected chi connectivity index (χ3v) is 5.36. The fraction of sp³-hybridized carbons (Fsp3) is 0.588. The number of amides is 1. The molecule has 1 aliphatic heterocycles. The Balaban J connectivity index is 1.73. The second-order valence-corrected chi connectivity index (χ2v) is 6.97. The van der Waals surface area contributed by atoms with Gasteiger partial charge in [0.05, 0.1) is 22.9 Å². The molecule has 0 radical (unpaired) electrons. The molecule has 2 aromatic rings. The van der Waals surface area contributed by atoms with Crippen molar-refractivity contribution >= 4 is 33.3 Å². The highest BCUT2D eigenvalue weighted by Gasteiger charge is 2.22. The number of nitrogens with zero attached hydrogens (tertiary/aromatic N) is 2. The van der Waals surface area contributed by atoms with Gasteiger partial charge in [0.2, 0.25) is 0 Å². The summed E-state index contributed by atoms with van der Waals surface area (Å²) in [4.78, 5) is 22.7. The maximum atomic E-state index is 12.5. The molecule has 25 heavy (non-hydrogen) atoms. The Hall–Kier alpha value is -1.77. The standard InChI is InChI=1S/C17H24N4O3S/c1-3-23-7-4-6-18-16(22)14-11(2)13-15(19-10-20-17(13)25-14)21-12-5-8-24-9-12/h10,12H,3-9H2,1-2H3,(H,18,22)(H,19,20,21). The number of ether oxygens (including phenoxy) is 2. The maximum Gasteiger partial charge on any atom is 0.261 e. The molecule has 0 aliphatic carbocycles. The van der Waals surface area contributed by atoms with E-state index in [2.05, 4.69) is 20.6 Å². The van der Waals surface area contributed by atoms with E-state index in [-0.39, 0.29) is 11.9 Å². The molecule has 0 bridgehead atoms. The Morgan fingerprint density at radius 1 is 1.48 bits per heavy atom. The first-order valence-electron chi connectivity index (χ1n) is 8.65. The summed E-state index contributed by atoms with van der Waals surface area (Å²) in [5.74, 6) is 0.719. The monoisotopic (exact) mass is 364 g/mol. The molecule has 2 aromatic heterocycles. The number of fused-ring (bicyclic) bond motifs is 1. The first-order chi connectivity index (χ1) is 12.2. The molecule has 8 heteroatoms. The maximum absolute atomic E-state index is 12.5. The minimum absolute atomic E-state index is 0.0628. The third kappa shape index (κ3) is 4.26. The SMILES string of the molecule is CCOCCCNC(=O)c1sc2ncnc(NC3CCOC3)c2c1C. The zero-order chi connectivity index (χ0) is 17.6. The molecule has 3 heterocycles. The van der Waals surface area contributed by atoms with Crippen LogP contribution < -0.4 is 10.6 Å². The average molecular weight is 364 g/mol. The molecule has 1 amide bonds. The minimum Gasteiger partial charge on any atom is -0.382 e. The van der Waals surface area contributed by atoms with Crippen molar-refractivity contribution in [2.75, 3.05) is 38.3 Å². The Morgan fingerprint density at radius 3 is 3.12 bits per heavy atom. The molecule has 1 unspecified atom stereocenters. The van der Waals surface area contributed by atoms with Crippen molar-refractivity contribution in [3.8, 4) is 0 Å². The van der Waals surface area contributed by atoms with Gasteiger partial charge in [-0.05, 0) is 32.3 Å². The van der Waals surface area contributed by atoms with Crippen LogP contribution in [0.15, 0.2) is 6.33 Å². The van der Waals surface area contributed by atoms with Gasteiger partial charge in [-0.1, -0.05) is 0 Å². The topological polar surface area (TPSA) is 85.4 Å². The lowest BCUT2D eigenvalue weighted by molar-refractivity contribution is 0.0948. The van der Waals surface area contributed by atoms with Gasteiger partial charge in [0.15, 0.2) is 0 Å². The van der Waals surface area contributed by atoms with Crippen LogP contribution in [0.1, 0.15) is 35.0 Å². The number of thiophene rings is 1. The summed E-state index contributed by atoms with van der Waals surface area (Å²) < 4.78 is 10.7. The van der Waals surface area contributed by atoms with Crippen LogP contribution in [0.25, 0.3) is 10.2 Å². The quantitative estimate of drug-likeness (QED) is 0.700. The molecule has 1 aliphatic rings. The lowest BCUT2D eigenvalue weighted by Crippen LogP contribution is -2.25. The van der Waals surface area contributed by atoms with E-state index in [0.29, 0.717) is 31.2 Å². The largest absolute Gasteiger partial charge is 0.382 e. The van der Waals surface area contributed by atoms with Gasteiger partial charge in [0.1, 0.15) is 17.0 Å². The molecule has 1 saturated heterocycles. The van der Waals surface area contributed by atoms with Gasteiger partial charge >= 0.3 is 0 Å². The highest BCUT2D eigenvalue weighted by Crippen LogP contribution is 2.33. The predicted octanol–water partition coefficient (Wildman–Crippen LogP) is 2.36. The molecular formula is C17H24N4O3S. The van der Waals surface area contributed by atoms with Gasteiger partial charge in [0.25, 0.3) is 5.91 Å². The van der Waals surface area contributed by atoms with Crippen LogP contribution in [0, 0.1) is 6.92 Å². The van der Waals surface area contributed by atoms with Gasteiger partial charge < -0.3 is 20.1 Å². The molecule has 0 saturated carbocycles. The average Bonchev–Trinajstić information content (AvgIpc) is 3.23. The van der Waals surface area contributed by atoms with Crippen LogP contribution >= 0.6 is 11.3 Å². The number of carbonyl (C=O) groups excluding carboxylic acids is 1. The second-order valence-electron chi connectivity index (χ2n) is 5.97. The van der Waals surface area contributed by atoms with Crippen LogP contribution in [-0.4, -0.2) is 54.9 Å². The molecule has 7 nitrogen and oxygen atoms in total. The van der Waals surface area contributed by atoms with Crippen molar-refractivity contribution in [3.63, 3.8) is 0 Å². The van der Waals surface area contributed by atoms with Gasteiger partial charge in [-0.2, -0.15) is 0 Å². The Morgan fingerprint density at radius 2 is 2.36 bits per heavy atom. The Bertz CT molecular complexity index is 728. The van der Waals surface area contributed by atoms with Crippen molar-refractivity contribution < 1.29 is 14.3 Å². The number of aromatic nitrogens is 2. The van der Waals surface area contributed by atoms with Gasteiger partial charge in [-0.25, -0.2) is 9.97 Å². The highest BCUT2D eigenvalue weighted by molar-refractivity contribution is 7.20. The van der Waals surface area contributed by atoms with E-state index >= 15 is 0 Å². The summed E-state index contributed by atoms with van der Waals surface area (Å²) in [6.45, 7) is 7.32. The number of nitrogens with one attached hydrogen (secondary N) is 2. The Kier molecular flexibility index (Phi) is 6.17. The number of hydrogen-bond donors (Lipinski definition) is 2. The first-order valence-corrected chi connectivity index (χ1v) is 9.46. The minimum atomic E-state index is -0.0628. The lowest BCUT2D eigenvalue weighted by atomic mass is 10.2. The number of rotatable bonds is 8. The van der Waals surface area contributed by atoms with Crippen molar-refractivity contribution in [3.05, 3.63) is 16.8 Å². The molecule has 136 valence electrons. The molecule has 0 aromatic carbocycles. The van der Waals surface area contributed by atoms with Crippen LogP contribution in [0.4, 0.5) is 5.82 Å². The third-order valence-electron chi connectivity index (χ3n) is 4.16.